The van der Waals surface area contributed by atoms with Crippen LogP contribution >= 0.6 is 0 Å². The molecule has 0 aliphatic heterocycles. The molecule has 3 heterocycles. The molecule has 1 fully saturated rings. The zero-order valence-corrected chi connectivity index (χ0v) is 18.9. The van der Waals surface area contributed by atoms with E-state index in [1.165, 1.54) is 12.8 Å². The summed E-state index contributed by atoms with van der Waals surface area (Å²) in [6.07, 6.45) is 3.21. The van der Waals surface area contributed by atoms with E-state index in [4.69, 9.17) is 34.9 Å². The Balaban J connectivity index is 1.80. The van der Waals surface area contributed by atoms with Crippen molar-refractivity contribution >= 4 is 17.1 Å². The van der Waals surface area contributed by atoms with Crippen LogP contribution in [0.2, 0.25) is 0 Å². The van der Waals surface area contributed by atoms with Crippen LogP contribution in [0.4, 0.5) is 5.82 Å². The molecule has 9 nitrogen and oxygen atoms in total. The van der Waals surface area contributed by atoms with Gasteiger partial charge in [-0.1, -0.05) is 12.1 Å². The van der Waals surface area contributed by atoms with Crippen molar-refractivity contribution in [2.75, 3.05) is 26.6 Å². The summed E-state index contributed by atoms with van der Waals surface area (Å²) in [5, 5.41) is 0. The normalized spacial score (nSPS) is 13.3. The van der Waals surface area contributed by atoms with E-state index in [0.717, 1.165) is 12.1 Å². The van der Waals surface area contributed by atoms with Crippen molar-refractivity contribution < 1.29 is 14.2 Å². The summed E-state index contributed by atoms with van der Waals surface area (Å²) in [7, 11) is 3.22. The summed E-state index contributed by atoms with van der Waals surface area (Å²) in [4.78, 5) is 19.0. The van der Waals surface area contributed by atoms with Gasteiger partial charge >= 0.3 is 0 Å². The van der Waals surface area contributed by atoms with Crippen molar-refractivity contribution in [1.82, 2.24) is 24.5 Å². The van der Waals surface area contributed by atoms with Crippen LogP contribution in [0, 0.1) is 5.92 Å². The summed E-state index contributed by atoms with van der Waals surface area (Å²) in [6.45, 7) is 2.43. The minimum atomic E-state index is 0.409. The molecule has 0 spiro atoms. The third kappa shape index (κ3) is 3.90. The Morgan fingerprint density at radius 1 is 0.970 bits per heavy atom. The van der Waals surface area contributed by atoms with Crippen LogP contribution in [0.25, 0.3) is 28.5 Å². The molecule has 4 aromatic rings. The number of methoxy groups -OCH3 is 2. The predicted octanol–water partition coefficient (Wildman–Crippen LogP) is 3.83. The second kappa shape index (κ2) is 8.57. The molecule has 0 radical (unpaired) electrons. The van der Waals surface area contributed by atoms with E-state index in [1.807, 2.05) is 47.9 Å². The zero-order chi connectivity index (χ0) is 22.9. The fourth-order valence-corrected chi connectivity index (χ4v) is 3.89. The maximum atomic E-state index is 6.35. The highest BCUT2D eigenvalue weighted by atomic mass is 16.5. The van der Waals surface area contributed by atoms with Gasteiger partial charge in [0, 0.05) is 6.07 Å². The van der Waals surface area contributed by atoms with Crippen LogP contribution in [0.15, 0.2) is 36.4 Å². The van der Waals surface area contributed by atoms with Gasteiger partial charge in [0.1, 0.15) is 28.7 Å². The van der Waals surface area contributed by atoms with E-state index in [1.54, 1.807) is 14.2 Å². The first-order valence-corrected chi connectivity index (χ1v) is 11.0. The molecule has 1 saturated carbocycles. The van der Waals surface area contributed by atoms with E-state index >= 15 is 0 Å². The van der Waals surface area contributed by atoms with Gasteiger partial charge in [0.15, 0.2) is 17.1 Å². The average molecular weight is 447 g/mol. The summed E-state index contributed by atoms with van der Waals surface area (Å²) in [6, 6.07) is 11.1. The molecule has 1 aliphatic rings. The Kier molecular flexibility index (Phi) is 5.45. The highest BCUT2D eigenvalue weighted by Gasteiger charge is 2.27. The van der Waals surface area contributed by atoms with Crippen molar-refractivity contribution in [3.8, 4) is 34.6 Å². The zero-order valence-electron chi connectivity index (χ0n) is 18.9. The minimum Gasteiger partial charge on any atom is -0.494 e. The molecule has 33 heavy (non-hydrogen) atoms. The molecule has 170 valence electrons. The molecule has 0 amide bonds. The number of fused-ring (bicyclic) bond motifs is 1. The highest BCUT2D eigenvalue weighted by molar-refractivity contribution is 5.80. The maximum Gasteiger partial charge on any atom is 0.213 e. The van der Waals surface area contributed by atoms with Crippen molar-refractivity contribution in [1.29, 1.82) is 0 Å². The summed E-state index contributed by atoms with van der Waals surface area (Å²) in [5.41, 5.74) is 9.38. The largest absolute Gasteiger partial charge is 0.494 e. The number of anilines is 1. The number of aromatic nitrogens is 5. The van der Waals surface area contributed by atoms with E-state index < -0.39 is 0 Å². The number of hydrogen-bond acceptors (Lipinski definition) is 8. The van der Waals surface area contributed by atoms with Gasteiger partial charge in [-0.3, -0.25) is 4.57 Å². The van der Waals surface area contributed by atoms with Gasteiger partial charge < -0.3 is 19.9 Å². The Labute approximate surface area is 191 Å². The molecular weight excluding hydrogens is 420 g/mol. The number of nitrogens with two attached hydrogens (primary N) is 1. The number of rotatable bonds is 8. The SMILES string of the molecule is CCOc1cccc(-c2nc3nc(CC4CC4)c(N)nc3n2-c2c(OC)cccc2OC)n1. The van der Waals surface area contributed by atoms with Crippen LogP contribution in [0.1, 0.15) is 25.5 Å². The molecule has 0 atom stereocenters. The molecule has 3 aromatic heterocycles. The van der Waals surface area contributed by atoms with E-state index in [-0.39, 0.29) is 0 Å². The number of nitrogen functional groups attached to an aromatic ring is 1. The lowest BCUT2D eigenvalue weighted by Crippen LogP contribution is -2.07. The fourth-order valence-electron chi connectivity index (χ4n) is 3.89. The standard InChI is InChI=1S/C24H26N6O3/c1-4-33-19-10-5-7-15(26-19)23-29-22-24(28-21(25)16(27-22)13-14-11-12-14)30(23)20-17(31-2)8-6-9-18(20)32-3/h5-10,14H,4,11-13H2,1-3H3,(H2,25,28). The molecule has 0 bridgehead atoms. The minimum absolute atomic E-state index is 0.409. The fraction of sp³-hybridized carbons (Fsp3) is 0.333. The first kappa shape index (κ1) is 21.0. The van der Waals surface area contributed by atoms with Crippen LogP contribution in [0.5, 0.6) is 17.4 Å². The number of benzene rings is 1. The lowest BCUT2D eigenvalue weighted by molar-refractivity contribution is 0.327. The number of pyridine rings is 1. The van der Waals surface area contributed by atoms with Crippen molar-refractivity contribution in [2.24, 2.45) is 5.92 Å². The number of para-hydroxylation sites is 1. The highest BCUT2D eigenvalue weighted by Crippen LogP contribution is 2.39. The van der Waals surface area contributed by atoms with Crippen LogP contribution in [-0.4, -0.2) is 45.3 Å². The van der Waals surface area contributed by atoms with Crippen molar-refractivity contribution in [3.63, 3.8) is 0 Å². The number of ether oxygens (including phenoxy) is 3. The van der Waals surface area contributed by atoms with Gasteiger partial charge in [-0.05, 0) is 50.3 Å². The summed E-state index contributed by atoms with van der Waals surface area (Å²) in [5.74, 6) is 3.27. The quantitative estimate of drug-likeness (QED) is 0.435. The molecule has 1 aromatic carbocycles. The van der Waals surface area contributed by atoms with Gasteiger partial charge in [0.05, 0.1) is 26.5 Å². The third-order valence-corrected chi connectivity index (χ3v) is 5.65. The first-order chi connectivity index (χ1) is 16.1. The molecule has 0 saturated heterocycles. The molecule has 0 unspecified atom stereocenters. The molecule has 2 N–H and O–H groups in total. The molecular formula is C24H26N6O3. The molecule has 1 aliphatic carbocycles. The lowest BCUT2D eigenvalue weighted by Gasteiger charge is -2.16. The van der Waals surface area contributed by atoms with Gasteiger partial charge in [0.2, 0.25) is 5.88 Å². The lowest BCUT2D eigenvalue weighted by atomic mass is 10.2. The third-order valence-electron chi connectivity index (χ3n) is 5.65. The second-order valence-electron chi connectivity index (χ2n) is 7.93. The number of nitrogens with zero attached hydrogens (tertiary/aromatic N) is 5. The van der Waals surface area contributed by atoms with Crippen molar-refractivity contribution in [2.45, 2.75) is 26.2 Å². The number of hydrogen-bond donors (Lipinski definition) is 1. The Hall–Kier alpha value is -3.88. The van der Waals surface area contributed by atoms with Gasteiger partial charge in [0.25, 0.3) is 0 Å². The Bertz CT molecular complexity index is 1290. The van der Waals surface area contributed by atoms with Gasteiger partial charge in [-0.25, -0.2) is 19.9 Å². The van der Waals surface area contributed by atoms with Crippen LogP contribution in [-0.2, 0) is 6.42 Å². The Morgan fingerprint density at radius 2 is 1.70 bits per heavy atom. The van der Waals surface area contributed by atoms with E-state index in [2.05, 4.69) is 4.98 Å². The van der Waals surface area contributed by atoms with E-state index in [0.29, 0.717) is 64.2 Å². The Morgan fingerprint density at radius 3 is 2.36 bits per heavy atom. The second-order valence-corrected chi connectivity index (χ2v) is 7.93. The van der Waals surface area contributed by atoms with Crippen LogP contribution < -0.4 is 19.9 Å². The summed E-state index contributed by atoms with van der Waals surface area (Å²) >= 11 is 0. The van der Waals surface area contributed by atoms with Crippen LogP contribution in [0.3, 0.4) is 0 Å². The summed E-state index contributed by atoms with van der Waals surface area (Å²) < 4.78 is 18.8. The topological polar surface area (TPSA) is 110 Å². The molecule has 5 rings (SSSR count). The van der Waals surface area contributed by atoms with Crippen molar-refractivity contribution in [3.05, 3.63) is 42.1 Å². The first-order valence-electron chi connectivity index (χ1n) is 11.0. The monoisotopic (exact) mass is 446 g/mol. The number of imidazole rings is 1. The predicted molar refractivity (Wildman–Crippen MR) is 125 cm³/mol. The molecule has 9 heteroatoms. The van der Waals surface area contributed by atoms with Gasteiger partial charge in [-0.15, -0.1) is 0 Å². The smallest absolute Gasteiger partial charge is 0.213 e. The van der Waals surface area contributed by atoms with E-state index in [9.17, 15) is 0 Å². The van der Waals surface area contributed by atoms with Gasteiger partial charge in [-0.2, -0.15) is 0 Å². The maximum absolute atomic E-state index is 6.35. The average Bonchev–Trinajstić information content (AvgIpc) is 3.58.